The highest BCUT2D eigenvalue weighted by Gasteiger charge is 2.12. The standard InChI is InChI=1S/C20H21BrN2O4/c1-23-19(11-18(22)20(24)26-3)17-9-4-14(21)10-13(17)12-27-16-7-5-15(25-2)6-8-16/h4-11H,12,22H2,1-3H3. The minimum absolute atomic E-state index is 0.0250. The fraction of sp³-hybridized carbons (Fsp3) is 0.200. The van der Waals surface area contributed by atoms with Gasteiger partial charge in [0.15, 0.2) is 0 Å². The van der Waals surface area contributed by atoms with Crippen LogP contribution in [0.15, 0.2) is 63.7 Å². The molecule has 0 amide bonds. The number of hydrogen-bond acceptors (Lipinski definition) is 6. The number of ether oxygens (including phenoxy) is 3. The van der Waals surface area contributed by atoms with Crippen molar-refractivity contribution in [3.63, 3.8) is 0 Å². The molecule has 0 bridgehead atoms. The number of carbonyl (C=O) groups excluding carboxylic acids is 1. The zero-order valence-corrected chi connectivity index (χ0v) is 16.9. The summed E-state index contributed by atoms with van der Waals surface area (Å²) in [4.78, 5) is 15.8. The van der Waals surface area contributed by atoms with Gasteiger partial charge in [-0.2, -0.15) is 0 Å². The fourth-order valence-corrected chi connectivity index (χ4v) is 2.76. The number of benzene rings is 2. The normalized spacial score (nSPS) is 11.9. The number of rotatable bonds is 7. The van der Waals surface area contributed by atoms with Crippen LogP contribution in [0, 0.1) is 0 Å². The Labute approximate surface area is 166 Å². The summed E-state index contributed by atoms with van der Waals surface area (Å²) in [5.74, 6) is 0.861. The molecule has 6 nitrogen and oxygen atoms in total. The zero-order valence-electron chi connectivity index (χ0n) is 15.4. The lowest BCUT2D eigenvalue weighted by Gasteiger charge is -2.13. The Morgan fingerprint density at radius 2 is 1.81 bits per heavy atom. The molecule has 0 unspecified atom stereocenters. The van der Waals surface area contributed by atoms with E-state index in [2.05, 4.69) is 25.7 Å². The first-order valence-corrected chi connectivity index (χ1v) is 8.85. The van der Waals surface area contributed by atoms with Crippen LogP contribution in [0.3, 0.4) is 0 Å². The van der Waals surface area contributed by atoms with Crippen LogP contribution < -0.4 is 15.2 Å². The topological polar surface area (TPSA) is 83.1 Å². The van der Waals surface area contributed by atoms with Gasteiger partial charge in [-0.1, -0.05) is 22.0 Å². The molecule has 0 aliphatic rings. The molecule has 0 atom stereocenters. The van der Waals surface area contributed by atoms with Crippen molar-refractivity contribution in [2.75, 3.05) is 21.3 Å². The fourth-order valence-electron chi connectivity index (χ4n) is 2.35. The predicted octanol–water partition coefficient (Wildman–Crippen LogP) is 3.47. The molecule has 2 aromatic rings. The molecule has 0 saturated heterocycles. The van der Waals surface area contributed by atoms with E-state index >= 15 is 0 Å². The van der Waals surface area contributed by atoms with E-state index in [0.717, 1.165) is 21.3 Å². The molecule has 27 heavy (non-hydrogen) atoms. The van der Waals surface area contributed by atoms with Gasteiger partial charge in [-0.3, -0.25) is 4.99 Å². The molecule has 142 valence electrons. The molecule has 0 fully saturated rings. The van der Waals surface area contributed by atoms with Crippen LogP contribution in [-0.4, -0.2) is 32.9 Å². The molecular formula is C20H21BrN2O4. The highest BCUT2D eigenvalue weighted by Crippen LogP contribution is 2.22. The summed E-state index contributed by atoms with van der Waals surface area (Å²) in [6.07, 6.45) is 1.49. The summed E-state index contributed by atoms with van der Waals surface area (Å²) < 4.78 is 16.6. The average Bonchev–Trinajstić information content (AvgIpc) is 2.70. The first-order valence-electron chi connectivity index (χ1n) is 8.06. The third-order valence-electron chi connectivity index (χ3n) is 3.75. The van der Waals surface area contributed by atoms with Crippen LogP contribution in [0.1, 0.15) is 11.1 Å². The van der Waals surface area contributed by atoms with Crippen LogP contribution in [0.2, 0.25) is 0 Å². The molecule has 0 aliphatic heterocycles. The van der Waals surface area contributed by atoms with Crippen LogP contribution in [0.25, 0.3) is 0 Å². The van der Waals surface area contributed by atoms with Gasteiger partial charge in [0.25, 0.3) is 0 Å². The van der Waals surface area contributed by atoms with E-state index in [1.54, 1.807) is 14.2 Å². The molecule has 0 saturated carbocycles. The predicted molar refractivity (Wildman–Crippen MR) is 108 cm³/mol. The van der Waals surface area contributed by atoms with Gasteiger partial charge in [-0.05, 0) is 48.0 Å². The molecule has 0 heterocycles. The summed E-state index contributed by atoms with van der Waals surface area (Å²) in [6, 6.07) is 13.0. The number of halogens is 1. The van der Waals surface area contributed by atoms with Crippen molar-refractivity contribution < 1.29 is 19.0 Å². The van der Waals surface area contributed by atoms with Gasteiger partial charge >= 0.3 is 5.97 Å². The van der Waals surface area contributed by atoms with Gasteiger partial charge in [0.1, 0.15) is 23.8 Å². The second-order valence-electron chi connectivity index (χ2n) is 5.47. The number of aliphatic imine (C=N–C) groups is 1. The van der Waals surface area contributed by atoms with Crippen molar-refractivity contribution in [2.45, 2.75) is 6.61 Å². The largest absolute Gasteiger partial charge is 0.497 e. The maximum absolute atomic E-state index is 11.6. The number of esters is 1. The number of nitrogens with two attached hydrogens (primary N) is 1. The van der Waals surface area contributed by atoms with Gasteiger partial charge in [-0.25, -0.2) is 4.79 Å². The van der Waals surface area contributed by atoms with Crippen LogP contribution >= 0.6 is 15.9 Å². The minimum Gasteiger partial charge on any atom is -0.497 e. The van der Waals surface area contributed by atoms with Crippen molar-refractivity contribution in [3.05, 3.63) is 69.8 Å². The highest BCUT2D eigenvalue weighted by atomic mass is 79.9. The van der Waals surface area contributed by atoms with Gasteiger partial charge < -0.3 is 19.9 Å². The van der Waals surface area contributed by atoms with Crippen molar-refractivity contribution >= 4 is 27.6 Å². The lowest BCUT2D eigenvalue weighted by atomic mass is 10.0. The number of allylic oxidation sites excluding steroid dienone is 1. The first-order chi connectivity index (χ1) is 13.0. The van der Waals surface area contributed by atoms with Gasteiger partial charge in [0.05, 0.1) is 19.9 Å². The molecule has 0 aromatic heterocycles. The summed E-state index contributed by atoms with van der Waals surface area (Å²) in [7, 11) is 4.52. The lowest BCUT2D eigenvalue weighted by Crippen LogP contribution is -2.16. The Morgan fingerprint density at radius 3 is 2.41 bits per heavy atom. The number of nitrogens with zero attached hydrogens (tertiary/aromatic N) is 1. The maximum atomic E-state index is 11.6. The molecule has 2 N–H and O–H groups in total. The summed E-state index contributed by atoms with van der Waals surface area (Å²) in [6.45, 7) is 0.312. The van der Waals surface area contributed by atoms with E-state index in [0.29, 0.717) is 18.1 Å². The van der Waals surface area contributed by atoms with E-state index in [9.17, 15) is 4.79 Å². The molecule has 2 aromatic carbocycles. The van der Waals surface area contributed by atoms with E-state index in [4.69, 9.17) is 15.2 Å². The van der Waals surface area contributed by atoms with Gasteiger partial charge in [0.2, 0.25) is 0 Å². The Kier molecular flexibility index (Phi) is 7.43. The first kappa shape index (κ1) is 20.5. The Bertz CT molecular complexity index is 861. The van der Waals surface area contributed by atoms with Crippen LogP contribution in [0.5, 0.6) is 11.5 Å². The molecule has 0 radical (unpaired) electrons. The molecule has 0 spiro atoms. The van der Waals surface area contributed by atoms with Crippen molar-refractivity contribution in [3.8, 4) is 11.5 Å². The highest BCUT2D eigenvalue weighted by molar-refractivity contribution is 9.10. The van der Waals surface area contributed by atoms with E-state index in [1.807, 2.05) is 42.5 Å². The van der Waals surface area contributed by atoms with E-state index < -0.39 is 5.97 Å². The summed E-state index contributed by atoms with van der Waals surface area (Å²) in [5, 5.41) is 0. The quantitative estimate of drug-likeness (QED) is 0.411. The smallest absolute Gasteiger partial charge is 0.353 e. The molecule has 2 rings (SSSR count). The molecule has 7 heteroatoms. The third-order valence-corrected chi connectivity index (χ3v) is 4.24. The average molecular weight is 433 g/mol. The Hall–Kier alpha value is -2.80. The summed E-state index contributed by atoms with van der Waals surface area (Å²) >= 11 is 3.47. The number of methoxy groups -OCH3 is 2. The maximum Gasteiger partial charge on any atom is 0.353 e. The molecule has 0 aliphatic carbocycles. The number of carbonyl (C=O) groups is 1. The number of hydrogen-bond donors (Lipinski definition) is 1. The van der Waals surface area contributed by atoms with Crippen LogP contribution in [-0.2, 0) is 16.1 Å². The molecular weight excluding hydrogens is 412 g/mol. The summed E-state index contributed by atoms with van der Waals surface area (Å²) in [5.41, 5.74) is 7.99. The minimum atomic E-state index is -0.607. The second kappa shape index (κ2) is 9.78. The lowest BCUT2D eigenvalue weighted by molar-refractivity contribution is -0.136. The van der Waals surface area contributed by atoms with Gasteiger partial charge in [0, 0.05) is 17.1 Å². The monoisotopic (exact) mass is 432 g/mol. The second-order valence-corrected chi connectivity index (χ2v) is 6.38. The van der Waals surface area contributed by atoms with Gasteiger partial charge in [-0.15, -0.1) is 0 Å². The van der Waals surface area contributed by atoms with Crippen molar-refractivity contribution in [2.24, 2.45) is 10.7 Å². The van der Waals surface area contributed by atoms with E-state index in [-0.39, 0.29) is 5.70 Å². The van der Waals surface area contributed by atoms with Crippen molar-refractivity contribution in [1.29, 1.82) is 0 Å². The Morgan fingerprint density at radius 1 is 1.15 bits per heavy atom. The third kappa shape index (κ3) is 5.59. The van der Waals surface area contributed by atoms with Crippen LogP contribution in [0.4, 0.5) is 0 Å². The van der Waals surface area contributed by atoms with Crippen molar-refractivity contribution in [1.82, 2.24) is 0 Å². The SMILES string of the molecule is CN=C(C=C(N)C(=O)OC)c1ccc(Br)cc1COc1ccc(OC)cc1. The van der Waals surface area contributed by atoms with E-state index in [1.165, 1.54) is 13.2 Å². The Balaban J connectivity index is 2.28. The zero-order chi connectivity index (χ0) is 19.8.